The normalized spacial score (nSPS) is 17.8. The van der Waals surface area contributed by atoms with Gasteiger partial charge in [0.1, 0.15) is 17.3 Å². The van der Waals surface area contributed by atoms with Crippen molar-refractivity contribution >= 4 is 35.0 Å². The van der Waals surface area contributed by atoms with E-state index >= 15 is 0 Å². The second-order valence-electron chi connectivity index (χ2n) is 8.31. The van der Waals surface area contributed by atoms with E-state index in [1.165, 1.54) is 12.1 Å². The number of hydrogen-bond acceptors (Lipinski definition) is 7. The highest BCUT2D eigenvalue weighted by atomic mass is 35.5. The summed E-state index contributed by atoms with van der Waals surface area (Å²) < 4.78 is 30.2. The summed E-state index contributed by atoms with van der Waals surface area (Å²) in [5.74, 6) is 1.33. The molecule has 1 aliphatic rings. The quantitative estimate of drug-likeness (QED) is 0.311. The molecule has 1 fully saturated rings. The van der Waals surface area contributed by atoms with Crippen LogP contribution in [0.1, 0.15) is 23.2 Å². The summed E-state index contributed by atoms with van der Waals surface area (Å²) >= 11 is 7.85. The summed E-state index contributed by atoms with van der Waals surface area (Å²) in [4.78, 5) is 15.4. The third-order valence-electron chi connectivity index (χ3n) is 5.85. The van der Waals surface area contributed by atoms with E-state index in [1.54, 1.807) is 43.1 Å². The average Bonchev–Trinajstić information content (AvgIpc) is 2.85. The highest BCUT2D eigenvalue weighted by Crippen LogP contribution is 2.29. The molecule has 200 valence electrons. The first-order chi connectivity index (χ1) is 16.9. The first-order valence-corrected chi connectivity index (χ1v) is 13.3. The SMILES string of the molecule is CO[C@@H]1CN(CCCOc2ccc(F)cc2)CC[C@@H]1NC(=O)c1cc(Cl)c(N)cc1OCCSC.O. The summed E-state index contributed by atoms with van der Waals surface area (Å²) in [6.07, 6.45) is 3.40. The molecule has 5 N–H and O–H groups in total. The molecule has 0 spiro atoms. The number of thioether (sulfide) groups is 1. The number of hydrogen-bond donors (Lipinski definition) is 2. The van der Waals surface area contributed by atoms with E-state index in [1.807, 2.05) is 6.26 Å². The Bertz CT molecular complexity index is 969. The molecule has 8 nitrogen and oxygen atoms in total. The van der Waals surface area contributed by atoms with E-state index in [0.29, 0.717) is 47.5 Å². The van der Waals surface area contributed by atoms with Gasteiger partial charge in [-0.25, -0.2) is 4.39 Å². The third kappa shape index (κ3) is 8.70. The van der Waals surface area contributed by atoms with Crippen LogP contribution >= 0.6 is 23.4 Å². The predicted molar refractivity (Wildman–Crippen MR) is 143 cm³/mol. The largest absolute Gasteiger partial charge is 0.494 e. The van der Waals surface area contributed by atoms with Crippen molar-refractivity contribution in [3.63, 3.8) is 0 Å². The van der Waals surface area contributed by atoms with Crippen molar-refractivity contribution in [3.8, 4) is 11.5 Å². The van der Waals surface area contributed by atoms with Crippen LogP contribution in [-0.2, 0) is 4.74 Å². The zero-order valence-electron chi connectivity index (χ0n) is 20.6. The lowest BCUT2D eigenvalue weighted by atomic mass is 10.0. The summed E-state index contributed by atoms with van der Waals surface area (Å²) in [7, 11) is 1.65. The number of likely N-dealkylation sites (tertiary alicyclic amines) is 1. The maximum absolute atomic E-state index is 13.1. The van der Waals surface area contributed by atoms with E-state index in [0.717, 1.165) is 31.7 Å². The van der Waals surface area contributed by atoms with E-state index in [9.17, 15) is 9.18 Å². The number of nitrogens with zero attached hydrogens (tertiary/aromatic N) is 1. The number of carbonyl (C=O) groups excluding carboxylic acids is 1. The van der Waals surface area contributed by atoms with Gasteiger partial charge in [0, 0.05) is 38.6 Å². The minimum Gasteiger partial charge on any atom is -0.494 e. The van der Waals surface area contributed by atoms with Crippen LogP contribution in [0, 0.1) is 5.82 Å². The first kappa shape index (κ1) is 30.0. The second kappa shape index (κ2) is 15.1. The van der Waals surface area contributed by atoms with Crippen LogP contribution in [0.4, 0.5) is 10.1 Å². The van der Waals surface area contributed by atoms with Gasteiger partial charge in [-0.05, 0) is 49.4 Å². The van der Waals surface area contributed by atoms with E-state index in [4.69, 9.17) is 31.5 Å². The third-order valence-corrected chi connectivity index (χ3v) is 6.75. The molecule has 0 aromatic heterocycles. The van der Waals surface area contributed by atoms with Crippen molar-refractivity contribution in [1.82, 2.24) is 10.2 Å². The smallest absolute Gasteiger partial charge is 0.255 e. The molecule has 1 aliphatic heterocycles. The fourth-order valence-corrected chi connectivity index (χ4v) is 4.36. The molecule has 1 saturated heterocycles. The number of ether oxygens (including phenoxy) is 3. The number of rotatable bonds is 12. The molecule has 2 atom stereocenters. The van der Waals surface area contributed by atoms with Crippen LogP contribution in [0.2, 0.25) is 5.02 Å². The van der Waals surface area contributed by atoms with E-state index < -0.39 is 0 Å². The summed E-state index contributed by atoms with van der Waals surface area (Å²) in [5.41, 5.74) is 6.66. The summed E-state index contributed by atoms with van der Waals surface area (Å²) in [5, 5.41) is 3.41. The molecular weight excluding hydrogens is 509 g/mol. The zero-order valence-corrected chi connectivity index (χ0v) is 22.2. The second-order valence-corrected chi connectivity index (χ2v) is 9.70. The summed E-state index contributed by atoms with van der Waals surface area (Å²) in [6.45, 7) is 3.35. The molecule has 3 rings (SSSR count). The average molecular weight is 544 g/mol. The molecule has 0 aliphatic carbocycles. The van der Waals surface area contributed by atoms with Gasteiger partial charge in [0.05, 0.1) is 41.6 Å². The minimum atomic E-state index is -0.281. The molecule has 0 unspecified atom stereocenters. The molecule has 36 heavy (non-hydrogen) atoms. The number of amides is 1. The molecular formula is C25H35ClFN3O5S. The van der Waals surface area contributed by atoms with E-state index in [2.05, 4.69) is 10.2 Å². The van der Waals surface area contributed by atoms with Crippen molar-refractivity contribution in [2.24, 2.45) is 0 Å². The maximum atomic E-state index is 13.1. The number of anilines is 1. The van der Waals surface area contributed by atoms with Crippen LogP contribution in [0.3, 0.4) is 0 Å². The van der Waals surface area contributed by atoms with Gasteiger partial charge in [0.15, 0.2) is 0 Å². The number of nitrogen functional groups attached to an aromatic ring is 1. The number of halogens is 2. The molecule has 0 saturated carbocycles. The van der Waals surface area contributed by atoms with Gasteiger partial charge >= 0.3 is 0 Å². The van der Waals surface area contributed by atoms with Crippen LogP contribution < -0.4 is 20.5 Å². The number of nitrogens with two attached hydrogens (primary N) is 1. The Labute approximate surface area is 220 Å². The lowest BCUT2D eigenvalue weighted by Gasteiger charge is -2.38. The Kier molecular flexibility index (Phi) is 12.6. The highest BCUT2D eigenvalue weighted by Gasteiger charge is 2.31. The number of piperidine rings is 1. The highest BCUT2D eigenvalue weighted by molar-refractivity contribution is 7.98. The lowest BCUT2D eigenvalue weighted by molar-refractivity contribution is 0.00526. The number of carbonyl (C=O) groups is 1. The van der Waals surface area contributed by atoms with Crippen molar-refractivity contribution in [3.05, 3.63) is 52.8 Å². The monoisotopic (exact) mass is 543 g/mol. The maximum Gasteiger partial charge on any atom is 0.255 e. The van der Waals surface area contributed by atoms with Gasteiger partial charge in [0.25, 0.3) is 5.91 Å². The topological polar surface area (TPSA) is 118 Å². The van der Waals surface area contributed by atoms with Crippen molar-refractivity contribution in [1.29, 1.82) is 0 Å². The number of methoxy groups -OCH3 is 1. The van der Waals surface area contributed by atoms with Gasteiger partial charge in [-0.15, -0.1) is 0 Å². The minimum absolute atomic E-state index is 0. The Hall–Kier alpha value is -2.24. The Morgan fingerprint density at radius 3 is 2.69 bits per heavy atom. The van der Waals surface area contributed by atoms with Gasteiger partial charge in [-0.3, -0.25) is 4.79 Å². The fraction of sp³-hybridized carbons (Fsp3) is 0.480. The molecule has 1 heterocycles. The molecule has 2 aromatic carbocycles. The van der Waals surface area contributed by atoms with Gasteiger partial charge < -0.3 is 35.6 Å². The zero-order chi connectivity index (χ0) is 25.2. The molecule has 1 amide bonds. The van der Waals surface area contributed by atoms with Crippen molar-refractivity contribution in [2.45, 2.75) is 25.0 Å². The first-order valence-electron chi connectivity index (χ1n) is 11.6. The molecule has 0 radical (unpaired) electrons. The Morgan fingerprint density at radius 2 is 2.00 bits per heavy atom. The van der Waals surface area contributed by atoms with Gasteiger partial charge in [-0.1, -0.05) is 11.6 Å². The molecule has 0 bridgehead atoms. The Balaban J connectivity index is 0.00000456. The van der Waals surface area contributed by atoms with Crippen molar-refractivity contribution < 1.29 is 28.9 Å². The van der Waals surface area contributed by atoms with E-state index in [-0.39, 0.29) is 29.3 Å². The van der Waals surface area contributed by atoms with Crippen LogP contribution in [-0.4, -0.2) is 80.4 Å². The number of benzene rings is 2. The van der Waals surface area contributed by atoms with Crippen LogP contribution in [0.15, 0.2) is 36.4 Å². The predicted octanol–water partition coefficient (Wildman–Crippen LogP) is 3.27. The number of nitrogens with one attached hydrogen (secondary N) is 1. The molecule has 2 aromatic rings. The van der Waals surface area contributed by atoms with Crippen LogP contribution in [0.25, 0.3) is 0 Å². The standard InChI is InChI=1S/C25H33ClFN3O4S.H2O/c1-32-24-16-30(9-3-11-33-18-6-4-17(27)5-7-18)10-8-22(24)29-25(31)19-14-20(26)21(28)15-23(19)34-12-13-35-2;/h4-7,14-15,22,24H,3,8-13,16,28H2,1-2H3,(H,29,31);1H2/t22-,24+;/m0./s1. The Morgan fingerprint density at radius 1 is 1.25 bits per heavy atom. The van der Waals surface area contributed by atoms with Gasteiger partial charge in [-0.2, -0.15) is 11.8 Å². The van der Waals surface area contributed by atoms with Gasteiger partial charge in [0.2, 0.25) is 0 Å². The fourth-order valence-electron chi connectivity index (χ4n) is 3.94. The lowest BCUT2D eigenvalue weighted by Crippen LogP contribution is -2.55. The summed E-state index contributed by atoms with van der Waals surface area (Å²) in [6, 6.07) is 9.02. The van der Waals surface area contributed by atoms with Crippen LogP contribution in [0.5, 0.6) is 11.5 Å². The van der Waals surface area contributed by atoms with Crippen molar-refractivity contribution in [2.75, 3.05) is 57.7 Å². The molecule has 11 heteroatoms.